The number of rotatable bonds is 5. The average Bonchev–Trinajstić information content (AvgIpc) is 3.23. The van der Waals surface area contributed by atoms with E-state index in [2.05, 4.69) is 10.3 Å². The standard InChI is InChI=1S/C21H16N2O4S/c24-19(25)11-13-5-7-15(8-6-13)22-21-23-20(26)18(28-21)10-9-16-12-14-3-1-2-4-17(14)27-16/h1-8,10,12H,9,11H2,(H,24,25)(H,22,23,26). The third-order valence-electron chi connectivity index (χ3n) is 4.14. The van der Waals surface area contributed by atoms with Crippen LogP contribution in [-0.4, -0.2) is 22.2 Å². The number of aliphatic carboxylic acids is 1. The summed E-state index contributed by atoms with van der Waals surface area (Å²) in [4.78, 5) is 27.9. The number of hydrogen-bond acceptors (Lipinski definition) is 5. The Hall–Kier alpha value is -3.32. The van der Waals surface area contributed by atoms with Crippen LogP contribution in [0.5, 0.6) is 0 Å². The summed E-state index contributed by atoms with van der Waals surface area (Å²) in [5.74, 6) is -0.277. The molecule has 0 spiro atoms. The summed E-state index contributed by atoms with van der Waals surface area (Å²) in [6, 6.07) is 16.6. The van der Waals surface area contributed by atoms with Crippen LogP contribution in [0.4, 0.5) is 5.69 Å². The zero-order chi connectivity index (χ0) is 19.5. The summed E-state index contributed by atoms with van der Waals surface area (Å²) in [6.45, 7) is 0. The van der Waals surface area contributed by atoms with Gasteiger partial charge in [-0.1, -0.05) is 36.4 Å². The van der Waals surface area contributed by atoms with Crippen molar-refractivity contribution in [1.82, 2.24) is 5.32 Å². The van der Waals surface area contributed by atoms with Gasteiger partial charge in [0, 0.05) is 11.8 Å². The number of aliphatic imine (C=N–C) groups is 1. The molecular formula is C21H16N2O4S. The van der Waals surface area contributed by atoms with Gasteiger partial charge in [-0.2, -0.15) is 0 Å². The Morgan fingerprint density at radius 3 is 2.71 bits per heavy atom. The van der Waals surface area contributed by atoms with E-state index in [-0.39, 0.29) is 12.3 Å². The van der Waals surface area contributed by atoms with Crippen LogP contribution >= 0.6 is 11.8 Å². The van der Waals surface area contributed by atoms with E-state index in [9.17, 15) is 9.59 Å². The van der Waals surface area contributed by atoms with Crippen molar-refractivity contribution in [2.24, 2.45) is 4.99 Å². The molecule has 6 nitrogen and oxygen atoms in total. The highest BCUT2D eigenvalue weighted by Crippen LogP contribution is 2.27. The molecule has 140 valence electrons. The number of thioether (sulfide) groups is 1. The third-order valence-corrected chi connectivity index (χ3v) is 5.10. The zero-order valence-corrected chi connectivity index (χ0v) is 15.5. The second-order valence-corrected chi connectivity index (χ2v) is 7.26. The molecule has 0 aliphatic carbocycles. The van der Waals surface area contributed by atoms with Crippen LogP contribution < -0.4 is 5.32 Å². The molecule has 3 aromatic rings. The molecule has 28 heavy (non-hydrogen) atoms. The van der Waals surface area contributed by atoms with Crippen molar-refractivity contribution in [3.05, 3.63) is 76.9 Å². The second-order valence-electron chi connectivity index (χ2n) is 6.23. The number of amidine groups is 1. The lowest BCUT2D eigenvalue weighted by Crippen LogP contribution is -2.19. The molecule has 0 radical (unpaired) electrons. The number of fused-ring (bicyclic) bond motifs is 1. The number of para-hydroxylation sites is 1. The summed E-state index contributed by atoms with van der Waals surface area (Å²) in [7, 11) is 0. The third kappa shape index (κ3) is 4.15. The first-order chi connectivity index (χ1) is 13.6. The number of carbonyl (C=O) groups is 2. The van der Waals surface area contributed by atoms with Crippen molar-refractivity contribution in [2.75, 3.05) is 0 Å². The van der Waals surface area contributed by atoms with Crippen molar-refractivity contribution in [1.29, 1.82) is 0 Å². The Balaban J connectivity index is 1.44. The molecule has 0 saturated carbocycles. The fourth-order valence-electron chi connectivity index (χ4n) is 2.83. The second kappa shape index (κ2) is 7.74. The Morgan fingerprint density at radius 1 is 1.18 bits per heavy atom. The van der Waals surface area contributed by atoms with Gasteiger partial charge in [-0.05, 0) is 41.6 Å². The Bertz CT molecular complexity index is 1080. The van der Waals surface area contributed by atoms with Crippen LogP contribution in [0.2, 0.25) is 0 Å². The van der Waals surface area contributed by atoms with Crippen molar-refractivity contribution in [3.8, 4) is 0 Å². The van der Waals surface area contributed by atoms with E-state index in [0.29, 0.717) is 27.7 Å². The van der Waals surface area contributed by atoms with Crippen molar-refractivity contribution < 1.29 is 19.1 Å². The van der Waals surface area contributed by atoms with Crippen LogP contribution in [0.1, 0.15) is 11.3 Å². The highest BCUT2D eigenvalue weighted by Gasteiger charge is 2.23. The fourth-order valence-corrected chi connectivity index (χ4v) is 3.64. The minimum absolute atomic E-state index is 0.0307. The van der Waals surface area contributed by atoms with Crippen LogP contribution in [0.3, 0.4) is 0 Å². The molecule has 4 rings (SSSR count). The first kappa shape index (κ1) is 18.1. The monoisotopic (exact) mass is 392 g/mol. The van der Waals surface area contributed by atoms with E-state index >= 15 is 0 Å². The summed E-state index contributed by atoms with van der Waals surface area (Å²) in [6.07, 6.45) is 2.31. The number of carboxylic acid groups (broad SMARTS) is 1. The lowest BCUT2D eigenvalue weighted by molar-refractivity contribution is -0.136. The highest BCUT2D eigenvalue weighted by atomic mass is 32.2. The lowest BCUT2D eigenvalue weighted by atomic mass is 10.1. The molecule has 1 aromatic heterocycles. The molecule has 1 amide bonds. The predicted molar refractivity (Wildman–Crippen MR) is 109 cm³/mol. The van der Waals surface area contributed by atoms with Crippen LogP contribution in [0, 0.1) is 0 Å². The fraction of sp³-hybridized carbons (Fsp3) is 0.0952. The molecule has 2 heterocycles. The van der Waals surface area contributed by atoms with Gasteiger partial charge in [-0.25, -0.2) is 4.99 Å². The molecule has 1 saturated heterocycles. The average molecular weight is 392 g/mol. The van der Waals surface area contributed by atoms with E-state index in [1.807, 2.05) is 36.4 Å². The molecule has 1 aliphatic rings. The highest BCUT2D eigenvalue weighted by molar-refractivity contribution is 8.18. The largest absolute Gasteiger partial charge is 0.481 e. The van der Waals surface area contributed by atoms with Gasteiger partial charge in [0.05, 0.1) is 17.0 Å². The first-order valence-electron chi connectivity index (χ1n) is 8.63. The van der Waals surface area contributed by atoms with Gasteiger partial charge in [0.15, 0.2) is 5.17 Å². The maximum atomic E-state index is 12.2. The molecular weight excluding hydrogens is 376 g/mol. The minimum Gasteiger partial charge on any atom is -0.481 e. The van der Waals surface area contributed by atoms with Crippen molar-refractivity contribution in [3.63, 3.8) is 0 Å². The zero-order valence-electron chi connectivity index (χ0n) is 14.7. The van der Waals surface area contributed by atoms with Gasteiger partial charge in [0.2, 0.25) is 0 Å². The van der Waals surface area contributed by atoms with Crippen LogP contribution in [0.15, 0.2) is 75.0 Å². The van der Waals surface area contributed by atoms with E-state index < -0.39 is 5.97 Å². The summed E-state index contributed by atoms with van der Waals surface area (Å²) < 4.78 is 5.77. The molecule has 2 aromatic carbocycles. The first-order valence-corrected chi connectivity index (χ1v) is 9.45. The molecule has 2 N–H and O–H groups in total. The molecule has 1 aliphatic heterocycles. The van der Waals surface area contributed by atoms with Crippen LogP contribution in [0.25, 0.3) is 11.0 Å². The molecule has 0 bridgehead atoms. The number of allylic oxidation sites excluding steroid dienone is 1. The number of benzene rings is 2. The minimum atomic E-state index is -0.878. The number of nitrogens with one attached hydrogen (secondary N) is 1. The van der Waals surface area contributed by atoms with Gasteiger partial charge >= 0.3 is 5.97 Å². The number of amides is 1. The smallest absolute Gasteiger partial charge is 0.307 e. The molecule has 0 unspecified atom stereocenters. The van der Waals surface area contributed by atoms with Crippen molar-refractivity contribution >= 4 is 45.5 Å². The normalized spacial score (nSPS) is 16.8. The summed E-state index contributed by atoms with van der Waals surface area (Å²) >= 11 is 1.27. The van der Waals surface area contributed by atoms with Gasteiger partial charge < -0.3 is 14.8 Å². The van der Waals surface area contributed by atoms with E-state index in [0.717, 1.165) is 16.7 Å². The number of hydrogen-bond donors (Lipinski definition) is 2. The van der Waals surface area contributed by atoms with Gasteiger partial charge in [0.25, 0.3) is 5.91 Å². The predicted octanol–water partition coefficient (Wildman–Crippen LogP) is 4.04. The Morgan fingerprint density at radius 2 is 1.96 bits per heavy atom. The van der Waals surface area contributed by atoms with Gasteiger partial charge in [-0.15, -0.1) is 0 Å². The maximum absolute atomic E-state index is 12.2. The quantitative estimate of drug-likeness (QED) is 0.640. The van der Waals surface area contributed by atoms with Gasteiger partial charge in [-0.3, -0.25) is 9.59 Å². The molecule has 0 atom stereocenters. The van der Waals surface area contributed by atoms with Crippen molar-refractivity contribution in [2.45, 2.75) is 12.8 Å². The molecule has 1 fully saturated rings. The topological polar surface area (TPSA) is 91.9 Å². The summed E-state index contributed by atoms with van der Waals surface area (Å²) in [5, 5.41) is 13.1. The van der Waals surface area contributed by atoms with E-state index in [1.165, 1.54) is 11.8 Å². The SMILES string of the molecule is O=C(O)Cc1ccc(N=C2NC(=O)C(=CCc3cc4ccccc4o3)S2)cc1. The lowest BCUT2D eigenvalue weighted by Gasteiger charge is -1.99. The Kier molecular flexibility index (Phi) is 4.99. The number of furan rings is 1. The number of carbonyl (C=O) groups excluding carboxylic acids is 1. The Labute approximate surface area is 165 Å². The number of nitrogens with zero attached hydrogens (tertiary/aromatic N) is 1. The maximum Gasteiger partial charge on any atom is 0.307 e. The van der Waals surface area contributed by atoms with E-state index in [1.54, 1.807) is 24.3 Å². The summed E-state index contributed by atoms with van der Waals surface area (Å²) in [5.41, 5.74) is 2.18. The molecule has 7 heteroatoms. The van der Waals surface area contributed by atoms with E-state index in [4.69, 9.17) is 9.52 Å². The van der Waals surface area contributed by atoms with Gasteiger partial charge in [0.1, 0.15) is 11.3 Å². The van der Waals surface area contributed by atoms with Crippen LogP contribution in [-0.2, 0) is 22.4 Å². The number of carboxylic acids is 1.